The van der Waals surface area contributed by atoms with E-state index in [9.17, 15) is 27.9 Å². The molecule has 1 N–H and O–H groups in total. The van der Waals surface area contributed by atoms with E-state index < -0.39 is 34.6 Å². The fourth-order valence-corrected chi connectivity index (χ4v) is 4.00. The topological polar surface area (TPSA) is 82.1 Å². The first kappa shape index (κ1) is 29.5. The fourth-order valence-electron chi connectivity index (χ4n) is 4.00. The minimum absolute atomic E-state index is 0.0493. The summed E-state index contributed by atoms with van der Waals surface area (Å²) in [6.07, 6.45) is -3.93. The molecule has 0 bridgehead atoms. The van der Waals surface area contributed by atoms with E-state index in [0.29, 0.717) is 11.8 Å². The maximum atomic E-state index is 13.4. The van der Waals surface area contributed by atoms with Crippen LogP contribution in [0.4, 0.5) is 13.2 Å². The van der Waals surface area contributed by atoms with Crippen LogP contribution in [0.2, 0.25) is 0 Å². The zero-order valence-corrected chi connectivity index (χ0v) is 22.4. The van der Waals surface area contributed by atoms with Gasteiger partial charge in [-0.1, -0.05) is 43.3 Å². The number of esters is 2. The molecule has 0 aliphatic carbocycles. The summed E-state index contributed by atoms with van der Waals surface area (Å²) in [7, 11) is 1.35. The van der Waals surface area contributed by atoms with Crippen molar-refractivity contribution in [1.82, 2.24) is 0 Å². The largest absolute Gasteiger partial charge is 0.506 e. The summed E-state index contributed by atoms with van der Waals surface area (Å²) in [5.74, 6) is -2.19. The molecule has 0 saturated carbocycles. The van der Waals surface area contributed by atoms with Crippen LogP contribution in [0.5, 0.6) is 11.5 Å². The Hall–Kier alpha value is -4.01. The van der Waals surface area contributed by atoms with E-state index in [-0.39, 0.29) is 24.6 Å². The maximum absolute atomic E-state index is 13.4. The lowest BCUT2D eigenvalue weighted by Gasteiger charge is -2.22. The molecule has 0 saturated heterocycles. The minimum Gasteiger partial charge on any atom is -0.506 e. The second-order valence-electron chi connectivity index (χ2n) is 9.91. The van der Waals surface area contributed by atoms with E-state index in [1.165, 1.54) is 7.11 Å². The standard InChI is InChI=1S/C30H31F3O6/c1-6-19-15-18(16-25(34)37-5)7-13-23(19)20-8-11-22(12-9-20)38-17-21-10-14-24(30(31,32)33)27(35)26(21)28(36)39-29(2,3)4/h7-15,35H,6,16-17H2,1-5H3. The molecule has 0 unspecified atom stereocenters. The second-order valence-corrected chi connectivity index (χ2v) is 9.91. The Labute approximate surface area is 225 Å². The van der Waals surface area contributed by atoms with Gasteiger partial charge < -0.3 is 19.3 Å². The number of alkyl halides is 3. The molecular formula is C30H31F3O6. The maximum Gasteiger partial charge on any atom is 0.419 e. The van der Waals surface area contributed by atoms with Crippen LogP contribution >= 0.6 is 0 Å². The van der Waals surface area contributed by atoms with Gasteiger partial charge in [0.1, 0.15) is 29.3 Å². The van der Waals surface area contributed by atoms with Crippen LogP contribution in [-0.2, 0) is 39.9 Å². The third kappa shape index (κ3) is 7.52. The summed E-state index contributed by atoms with van der Waals surface area (Å²) in [6.45, 7) is 6.46. The molecule has 0 fully saturated rings. The summed E-state index contributed by atoms with van der Waals surface area (Å²) < 4.78 is 55.9. The molecule has 0 atom stereocenters. The van der Waals surface area contributed by atoms with Crippen LogP contribution in [0.15, 0.2) is 54.6 Å². The van der Waals surface area contributed by atoms with Crippen LogP contribution in [0, 0.1) is 0 Å². The number of hydrogen-bond acceptors (Lipinski definition) is 6. The smallest absolute Gasteiger partial charge is 0.419 e. The SMILES string of the molecule is CCc1cc(CC(=O)OC)ccc1-c1ccc(OCc2ccc(C(F)(F)F)c(O)c2C(=O)OC(C)(C)C)cc1. The zero-order valence-electron chi connectivity index (χ0n) is 22.4. The number of phenolic OH excluding ortho intramolecular Hbond substituents is 1. The molecule has 0 aliphatic rings. The number of aromatic hydroxyl groups is 1. The highest BCUT2D eigenvalue weighted by atomic mass is 19.4. The Morgan fingerprint density at radius 1 is 0.923 bits per heavy atom. The van der Waals surface area contributed by atoms with E-state index in [1.807, 2.05) is 37.3 Å². The lowest BCUT2D eigenvalue weighted by molar-refractivity contribution is -0.140. The van der Waals surface area contributed by atoms with Gasteiger partial charge in [-0.25, -0.2) is 4.79 Å². The molecule has 0 heterocycles. The quantitative estimate of drug-likeness (QED) is 0.311. The average molecular weight is 545 g/mol. The molecule has 6 nitrogen and oxygen atoms in total. The average Bonchev–Trinajstić information content (AvgIpc) is 2.85. The molecule has 208 valence electrons. The van der Waals surface area contributed by atoms with Gasteiger partial charge in [0.15, 0.2) is 0 Å². The highest BCUT2D eigenvalue weighted by Gasteiger charge is 2.37. The van der Waals surface area contributed by atoms with Gasteiger partial charge in [-0.2, -0.15) is 13.2 Å². The monoisotopic (exact) mass is 544 g/mol. The first-order valence-electron chi connectivity index (χ1n) is 12.3. The lowest BCUT2D eigenvalue weighted by Crippen LogP contribution is -2.25. The van der Waals surface area contributed by atoms with Crippen molar-refractivity contribution in [2.75, 3.05) is 7.11 Å². The van der Waals surface area contributed by atoms with Gasteiger partial charge >= 0.3 is 18.1 Å². The van der Waals surface area contributed by atoms with E-state index in [2.05, 4.69) is 0 Å². The molecule has 3 aromatic carbocycles. The fraction of sp³-hybridized carbons (Fsp3) is 0.333. The first-order chi connectivity index (χ1) is 18.2. The van der Waals surface area contributed by atoms with Crippen LogP contribution in [0.1, 0.15) is 60.3 Å². The molecule has 3 rings (SSSR count). The van der Waals surface area contributed by atoms with Crippen molar-refractivity contribution in [2.45, 2.75) is 58.9 Å². The Morgan fingerprint density at radius 3 is 2.15 bits per heavy atom. The highest BCUT2D eigenvalue weighted by molar-refractivity contribution is 5.95. The van der Waals surface area contributed by atoms with E-state index in [0.717, 1.165) is 34.7 Å². The van der Waals surface area contributed by atoms with Crippen LogP contribution < -0.4 is 4.74 Å². The van der Waals surface area contributed by atoms with Gasteiger partial charge in [0.25, 0.3) is 0 Å². The summed E-state index contributed by atoms with van der Waals surface area (Å²) in [5.41, 5.74) is 0.934. The molecule has 3 aromatic rings. The molecule has 0 radical (unpaired) electrons. The summed E-state index contributed by atoms with van der Waals surface area (Å²) >= 11 is 0. The Kier molecular flexibility index (Phi) is 8.94. The number of carbonyl (C=O) groups excluding carboxylic acids is 2. The zero-order chi connectivity index (χ0) is 29.0. The van der Waals surface area contributed by atoms with Crippen molar-refractivity contribution in [2.24, 2.45) is 0 Å². The molecule has 9 heteroatoms. The number of carbonyl (C=O) groups is 2. The number of ether oxygens (including phenoxy) is 3. The second kappa shape index (κ2) is 11.8. The number of phenols is 1. The molecule has 0 aliphatic heterocycles. The summed E-state index contributed by atoms with van der Waals surface area (Å²) in [6, 6.07) is 14.6. The van der Waals surface area contributed by atoms with Crippen molar-refractivity contribution >= 4 is 11.9 Å². The number of aryl methyl sites for hydroxylation is 1. The predicted octanol–water partition coefficient (Wildman–Crippen LogP) is 6.89. The number of halogens is 3. The number of methoxy groups -OCH3 is 1. The number of benzene rings is 3. The van der Waals surface area contributed by atoms with E-state index in [4.69, 9.17) is 14.2 Å². The van der Waals surface area contributed by atoms with Crippen molar-refractivity contribution in [1.29, 1.82) is 0 Å². The first-order valence-corrected chi connectivity index (χ1v) is 12.3. The third-order valence-electron chi connectivity index (χ3n) is 5.86. The van der Waals surface area contributed by atoms with Gasteiger partial charge in [-0.3, -0.25) is 4.79 Å². The normalized spacial score (nSPS) is 11.7. The Balaban J connectivity index is 1.84. The molecule has 0 spiro atoms. The van der Waals surface area contributed by atoms with Crippen molar-refractivity contribution in [3.63, 3.8) is 0 Å². The molecule has 0 amide bonds. The number of rotatable bonds is 8. The van der Waals surface area contributed by atoms with Gasteiger partial charge in [-0.15, -0.1) is 0 Å². The lowest BCUT2D eigenvalue weighted by atomic mass is 9.95. The highest BCUT2D eigenvalue weighted by Crippen LogP contribution is 2.39. The van der Waals surface area contributed by atoms with Gasteiger partial charge in [-0.05, 0) is 67.6 Å². The minimum atomic E-state index is -4.86. The summed E-state index contributed by atoms with van der Waals surface area (Å²) in [5, 5.41) is 10.4. The molecular weight excluding hydrogens is 513 g/mol. The Bertz CT molecular complexity index is 1340. The molecule has 0 aromatic heterocycles. The van der Waals surface area contributed by atoms with E-state index >= 15 is 0 Å². The van der Waals surface area contributed by atoms with Crippen molar-refractivity contribution < 1.29 is 42.1 Å². The van der Waals surface area contributed by atoms with Gasteiger partial charge in [0.2, 0.25) is 0 Å². The van der Waals surface area contributed by atoms with Gasteiger partial charge in [0, 0.05) is 5.56 Å². The van der Waals surface area contributed by atoms with Crippen molar-refractivity contribution in [3.8, 4) is 22.6 Å². The van der Waals surface area contributed by atoms with E-state index in [1.54, 1.807) is 32.9 Å². The van der Waals surface area contributed by atoms with Crippen LogP contribution in [0.25, 0.3) is 11.1 Å². The van der Waals surface area contributed by atoms with Crippen molar-refractivity contribution in [3.05, 3.63) is 82.4 Å². The van der Waals surface area contributed by atoms with Gasteiger partial charge in [0.05, 0.1) is 19.1 Å². The number of hydrogen-bond donors (Lipinski definition) is 1. The van der Waals surface area contributed by atoms with Crippen LogP contribution in [0.3, 0.4) is 0 Å². The Morgan fingerprint density at radius 2 is 1.59 bits per heavy atom. The molecule has 39 heavy (non-hydrogen) atoms. The third-order valence-corrected chi connectivity index (χ3v) is 5.86. The van der Waals surface area contributed by atoms with Crippen LogP contribution in [-0.4, -0.2) is 29.8 Å². The predicted molar refractivity (Wildman–Crippen MR) is 140 cm³/mol. The summed E-state index contributed by atoms with van der Waals surface area (Å²) in [4.78, 5) is 24.3.